The highest BCUT2D eigenvalue weighted by Crippen LogP contribution is 2.35. The van der Waals surface area contributed by atoms with Crippen LogP contribution in [0, 0.1) is 5.92 Å². The largest absolute Gasteiger partial charge is 0.488 e. The van der Waals surface area contributed by atoms with E-state index in [1.165, 1.54) is 4.57 Å². The number of carbonyl (C=O) groups is 2. The van der Waals surface area contributed by atoms with Gasteiger partial charge in [-0.2, -0.15) is 0 Å². The van der Waals surface area contributed by atoms with Crippen LogP contribution in [0.2, 0.25) is 0 Å². The van der Waals surface area contributed by atoms with Gasteiger partial charge in [-0.3, -0.25) is 19.1 Å². The van der Waals surface area contributed by atoms with Gasteiger partial charge >= 0.3 is 0 Å². The van der Waals surface area contributed by atoms with E-state index in [2.05, 4.69) is 16.9 Å². The number of pyridine rings is 2. The molecule has 0 radical (unpaired) electrons. The summed E-state index contributed by atoms with van der Waals surface area (Å²) < 4.78 is 7.21. The zero-order chi connectivity index (χ0) is 19.7. The SMILES string of the molecule is CN=c1cc(N2CCOc3cc(C(=O)N4CC[C@@H](C)C4)cnc32)ccn1C=O. The highest BCUT2D eigenvalue weighted by molar-refractivity contribution is 5.95. The molecule has 1 amide bonds. The minimum atomic E-state index is -0.000761. The van der Waals surface area contributed by atoms with Crippen LogP contribution in [0.5, 0.6) is 5.75 Å². The Bertz CT molecular complexity index is 984. The van der Waals surface area contributed by atoms with Gasteiger partial charge in [-0.05, 0) is 24.5 Å². The van der Waals surface area contributed by atoms with Crippen LogP contribution in [0.15, 0.2) is 35.6 Å². The van der Waals surface area contributed by atoms with Gasteiger partial charge in [0.1, 0.15) is 12.1 Å². The fourth-order valence-electron chi connectivity index (χ4n) is 3.69. The van der Waals surface area contributed by atoms with E-state index in [4.69, 9.17) is 4.74 Å². The van der Waals surface area contributed by atoms with Crippen molar-refractivity contribution in [3.05, 3.63) is 41.6 Å². The van der Waals surface area contributed by atoms with Crippen molar-refractivity contribution in [3.8, 4) is 5.75 Å². The predicted molar refractivity (Wildman–Crippen MR) is 104 cm³/mol. The van der Waals surface area contributed by atoms with Crippen molar-refractivity contribution in [2.45, 2.75) is 13.3 Å². The van der Waals surface area contributed by atoms with Crippen LogP contribution in [0.1, 0.15) is 23.7 Å². The molecule has 0 spiro atoms. The van der Waals surface area contributed by atoms with Gasteiger partial charge in [-0.1, -0.05) is 6.92 Å². The number of aromatic nitrogens is 2. The maximum absolute atomic E-state index is 12.8. The minimum absolute atomic E-state index is 0.000761. The maximum atomic E-state index is 12.8. The molecule has 0 unspecified atom stereocenters. The zero-order valence-corrected chi connectivity index (χ0v) is 16.0. The molecule has 0 saturated carbocycles. The molecule has 2 aromatic rings. The number of likely N-dealkylation sites (tertiary alicyclic amines) is 1. The molecule has 2 aliphatic heterocycles. The van der Waals surface area contributed by atoms with Crippen LogP contribution in [0.25, 0.3) is 0 Å². The van der Waals surface area contributed by atoms with Crippen molar-refractivity contribution in [1.82, 2.24) is 14.5 Å². The Labute approximate surface area is 163 Å². The summed E-state index contributed by atoms with van der Waals surface area (Å²) in [5.74, 6) is 1.78. The number of rotatable bonds is 3. The normalized spacial score (nSPS) is 19.4. The van der Waals surface area contributed by atoms with Crippen LogP contribution < -0.4 is 15.1 Å². The van der Waals surface area contributed by atoms with Gasteiger partial charge in [-0.15, -0.1) is 0 Å². The number of carbonyl (C=O) groups excluding carboxylic acids is 2. The van der Waals surface area contributed by atoms with E-state index >= 15 is 0 Å². The average Bonchev–Trinajstić information content (AvgIpc) is 3.18. The summed E-state index contributed by atoms with van der Waals surface area (Å²) in [6.45, 7) is 4.82. The Hall–Kier alpha value is -3.16. The Kier molecular flexibility index (Phi) is 4.85. The van der Waals surface area contributed by atoms with E-state index in [-0.39, 0.29) is 5.91 Å². The maximum Gasteiger partial charge on any atom is 0.255 e. The number of anilines is 2. The van der Waals surface area contributed by atoms with Crippen LogP contribution in [0.3, 0.4) is 0 Å². The molecule has 1 atom stereocenters. The molecule has 4 heterocycles. The van der Waals surface area contributed by atoms with E-state index in [1.807, 2.05) is 21.9 Å². The number of ether oxygens (including phenoxy) is 1. The Balaban J connectivity index is 1.65. The summed E-state index contributed by atoms with van der Waals surface area (Å²) in [5, 5.41) is 0. The molecule has 2 aromatic heterocycles. The molecule has 8 heteroatoms. The lowest BCUT2D eigenvalue weighted by atomic mass is 10.2. The third-order valence-electron chi connectivity index (χ3n) is 5.22. The molecule has 1 fully saturated rings. The Morgan fingerprint density at radius 2 is 2.21 bits per heavy atom. The van der Waals surface area contributed by atoms with Gasteiger partial charge in [0.15, 0.2) is 11.6 Å². The molecule has 0 bridgehead atoms. The monoisotopic (exact) mass is 381 g/mol. The van der Waals surface area contributed by atoms with E-state index < -0.39 is 0 Å². The second-order valence-corrected chi connectivity index (χ2v) is 7.17. The highest BCUT2D eigenvalue weighted by Gasteiger charge is 2.27. The Morgan fingerprint density at radius 1 is 1.36 bits per heavy atom. The first-order valence-electron chi connectivity index (χ1n) is 9.40. The quantitative estimate of drug-likeness (QED) is 0.752. The summed E-state index contributed by atoms with van der Waals surface area (Å²) in [6.07, 6.45) is 5.04. The number of fused-ring (bicyclic) bond motifs is 1. The van der Waals surface area contributed by atoms with Gasteiger partial charge < -0.3 is 14.5 Å². The minimum Gasteiger partial charge on any atom is -0.488 e. The molecule has 1 saturated heterocycles. The van der Waals surface area contributed by atoms with Crippen molar-refractivity contribution >= 4 is 23.8 Å². The highest BCUT2D eigenvalue weighted by atomic mass is 16.5. The van der Waals surface area contributed by atoms with E-state index in [1.54, 1.807) is 25.5 Å². The van der Waals surface area contributed by atoms with Crippen molar-refractivity contribution in [2.24, 2.45) is 10.9 Å². The summed E-state index contributed by atoms with van der Waals surface area (Å²) in [6, 6.07) is 5.44. The smallest absolute Gasteiger partial charge is 0.255 e. The summed E-state index contributed by atoms with van der Waals surface area (Å²) in [4.78, 5) is 36.4. The predicted octanol–water partition coefficient (Wildman–Crippen LogP) is 1.46. The molecular weight excluding hydrogens is 358 g/mol. The molecule has 2 aliphatic rings. The third-order valence-corrected chi connectivity index (χ3v) is 5.22. The first-order chi connectivity index (χ1) is 13.6. The summed E-state index contributed by atoms with van der Waals surface area (Å²) in [5.41, 5.74) is 1.96. The lowest BCUT2D eigenvalue weighted by Crippen LogP contribution is -2.32. The number of hydrogen-bond acceptors (Lipinski definition) is 6. The van der Waals surface area contributed by atoms with Gasteiger partial charge in [0.25, 0.3) is 5.91 Å². The van der Waals surface area contributed by atoms with E-state index in [0.717, 1.165) is 25.2 Å². The molecule has 146 valence electrons. The number of nitrogens with zero attached hydrogens (tertiary/aromatic N) is 5. The first kappa shape index (κ1) is 18.2. The summed E-state index contributed by atoms with van der Waals surface area (Å²) >= 11 is 0. The molecule has 0 aliphatic carbocycles. The topological polar surface area (TPSA) is 80.0 Å². The van der Waals surface area contributed by atoms with Crippen molar-refractivity contribution in [1.29, 1.82) is 0 Å². The van der Waals surface area contributed by atoms with Crippen LogP contribution in [0.4, 0.5) is 11.5 Å². The van der Waals surface area contributed by atoms with E-state index in [0.29, 0.717) is 48.1 Å². The van der Waals surface area contributed by atoms with Crippen LogP contribution in [-0.2, 0) is 4.79 Å². The lowest BCUT2D eigenvalue weighted by molar-refractivity contribution is 0.0787. The molecule has 0 N–H and O–H groups in total. The Morgan fingerprint density at radius 3 is 2.93 bits per heavy atom. The van der Waals surface area contributed by atoms with E-state index in [9.17, 15) is 9.59 Å². The second kappa shape index (κ2) is 7.46. The second-order valence-electron chi connectivity index (χ2n) is 7.17. The average molecular weight is 381 g/mol. The third kappa shape index (κ3) is 3.26. The van der Waals surface area contributed by atoms with Gasteiger partial charge in [0.05, 0.1) is 12.1 Å². The molecular formula is C20H23N5O3. The van der Waals surface area contributed by atoms with Gasteiger partial charge in [0.2, 0.25) is 6.41 Å². The standard InChI is InChI=1S/C20H23N5O3/c1-14-3-5-23(12-14)20(27)15-9-17-19(22-11-15)25(7-8-28-17)16-4-6-24(13-26)18(10-16)21-2/h4,6,9-11,13-14H,3,5,7-8,12H2,1-2H3/t14-/m1/s1. The fourth-order valence-corrected chi connectivity index (χ4v) is 3.69. The van der Waals surface area contributed by atoms with Crippen molar-refractivity contribution in [3.63, 3.8) is 0 Å². The fraction of sp³-hybridized carbons (Fsp3) is 0.400. The number of hydrogen-bond donors (Lipinski definition) is 0. The first-order valence-corrected chi connectivity index (χ1v) is 9.40. The van der Waals surface area contributed by atoms with Gasteiger partial charge in [0, 0.05) is 44.3 Å². The zero-order valence-electron chi connectivity index (χ0n) is 16.0. The molecule has 8 nitrogen and oxygen atoms in total. The van der Waals surface area contributed by atoms with Crippen LogP contribution >= 0.6 is 0 Å². The van der Waals surface area contributed by atoms with Crippen molar-refractivity contribution in [2.75, 3.05) is 38.2 Å². The van der Waals surface area contributed by atoms with Crippen molar-refractivity contribution < 1.29 is 14.3 Å². The van der Waals surface area contributed by atoms with Crippen LogP contribution in [-0.4, -0.2) is 60.1 Å². The molecule has 4 rings (SSSR count). The lowest BCUT2D eigenvalue weighted by Gasteiger charge is -2.30. The van der Waals surface area contributed by atoms with Gasteiger partial charge in [-0.25, -0.2) is 4.98 Å². The summed E-state index contributed by atoms with van der Waals surface area (Å²) in [7, 11) is 1.64. The molecule has 0 aromatic carbocycles. The number of amides is 1. The molecule has 28 heavy (non-hydrogen) atoms.